The molecule has 2 fully saturated rings. The fourth-order valence-electron chi connectivity index (χ4n) is 3.99. The van der Waals surface area contributed by atoms with Crippen molar-refractivity contribution in [3.8, 4) is 0 Å². The van der Waals surface area contributed by atoms with E-state index in [0.717, 1.165) is 37.5 Å². The molecule has 0 bridgehead atoms. The lowest BCUT2D eigenvalue weighted by molar-refractivity contribution is -0.134. The predicted molar refractivity (Wildman–Crippen MR) is 95.4 cm³/mol. The number of nitrogens with one attached hydrogen (secondary N) is 1. The summed E-state index contributed by atoms with van der Waals surface area (Å²) >= 11 is 0. The molecule has 3 heteroatoms. The highest BCUT2D eigenvalue weighted by molar-refractivity contribution is 5.85. The van der Waals surface area contributed by atoms with E-state index in [4.69, 9.17) is 0 Å². The van der Waals surface area contributed by atoms with Crippen molar-refractivity contribution in [1.82, 2.24) is 4.90 Å². The molecule has 3 nitrogen and oxygen atoms in total. The van der Waals surface area contributed by atoms with Gasteiger partial charge in [0.25, 0.3) is 0 Å². The van der Waals surface area contributed by atoms with Crippen LogP contribution in [0.5, 0.6) is 0 Å². The number of carbonyl (C=O) groups excluding carboxylic acids is 1. The standard InChI is InChI=1S/C20H30N2O/c1-16-12-14-22(15-13-16)20(23)19(17-8-4-2-5-9-17)21-18-10-6-3-7-11-18/h3,6-7,10-11,16-17,19,21H,2,4-5,8-9,12-15H2,1H3/t19-/m0/s1. The van der Waals surface area contributed by atoms with Gasteiger partial charge in [-0.2, -0.15) is 0 Å². The Balaban J connectivity index is 1.72. The van der Waals surface area contributed by atoms with Crippen LogP contribution in [0.4, 0.5) is 5.69 Å². The summed E-state index contributed by atoms with van der Waals surface area (Å²) in [5.74, 6) is 1.57. The zero-order chi connectivity index (χ0) is 16.1. The van der Waals surface area contributed by atoms with Gasteiger partial charge < -0.3 is 10.2 Å². The van der Waals surface area contributed by atoms with Crippen molar-refractivity contribution in [3.05, 3.63) is 30.3 Å². The van der Waals surface area contributed by atoms with Crippen molar-refractivity contribution in [3.63, 3.8) is 0 Å². The highest BCUT2D eigenvalue weighted by Crippen LogP contribution is 2.30. The second-order valence-corrected chi connectivity index (χ2v) is 7.39. The Kier molecular flexibility index (Phi) is 5.58. The molecule has 0 unspecified atom stereocenters. The number of rotatable bonds is 4. The second kappa shape index (κ2) is 7.85. The SMILES string of the molecule is CC1CCN(C(=O)[C@@H](Nc2ccccc2)C2CCCCC2)CC1. The number of piperidine rings is 1. The first-order chi connectivity index (χ1) is 11.2. The maximum atomic E-state index is 13.2. The van der Waals surface area contributed by atoms with Crippen molar-refractivity contribution in [2.45, 2.75) is 57.9 Å². The molecule has 1 saturated heterocycles. The van der Waals surface area contributed by atoms with Gasteiger partial charge in [-0.15, -0.1) is 0 Å². The molecule has 0 aromatic heterocycles. The van der Waals surface area contributed by atoms with E-state index in [1.165, 1.54) is 32.1 Å². The minimum Gasteiger partial charge on any atom is -0.373 e. The van der Waals surface area contributed by atoms with Crippen molar-refractivity contribution < 1.29 is 4.79 Å². The molecule has 1 N–H and O–H groups in total. The summed E-state index contributed by atoms with van der Waals surface area (Å²) in [5.41, 5.74) is 1.07. The lowest BCUT2D eigenvalue weighted by atomic mass is 9.83. The highest BCUT2D eigenvalue weighted by Gasteiger charge is 2.33. The largest absolute Gasteiger partial charge is 0.373 e. The molecular formula is C20H30N2O. The Morgan fingerprint density at radius 3 is 2.35 bits per heavy atom. The molecule has 1 aliphatic carbocycles. The molecule has 2 aliphatic rings. The number of anilines is 1. The van der Waals surface area contributed by atoms with Gasteiger partial charge in [0.15, 0.2) is 0 Å². The number of hydrogen-bond donors (Lipinski definition) is 1. The molecule has 0 radical (unpaired) electrons. The van der Waals surface area contributed by atoms with Gasteiger partial charge in [0.1, 0.15) is 6.04 Å². The van der Waals surface area contributed by atoms with E-state index in [1.54, 1.807) is 0 Å². The Morgan fingerprint density at radius 1 is 1.04 bits per heavy atom. The van der Waals surface area contributed by atoms with Crippen LogP contribution in [0.1, 0.15) is 51.9 Å². The van der Waals surface area contributed by atoms with Crippen LogP contribution in [0.25, 0.3) is 0 Å². The van der Waals surface area contributed by atoms with Crippen LogP contribution in [-0.4, -0.2) is 29.9 Å². The quantitative estimate of drug-likeness (QED) is 0.898. The molecule has 1 aliphatic heterocycles. The molecule has 1 aromatic rings. The van der Waals surface area contributed by atoms with Gasteiger partial charge in [-0.1, -0.05) is 44.4 Å². The average molecular weight is 314 g/mol. The van der Waals surface area contributed by atoms with Crippen LogP contribution in [0.2, 0.25) is 0 Å². The summed E-state index contributed by atoms with van der Waals surface area (Å²) in [6.07, 6.45) is 8.51. The van der Waals surface area contributed by atoms with E-state index >= 15 is 0 Å². The number of amides is 1. The third-order valence-electron chi connectivity index (χ3n) is 5.58. The summed E-state index contributed by atoms with van der Waals surface area (Å²) in [5, 5.41) is 3.57. The molecule has 3 rings (SSSR count). The fourth-order valence-corrected chi connectivity index (χ4v) is 3.99. The molecular weight excluding hydrogens is 284 g/mol. The van der Waals surface area contributed by atoms with Crippen LogP contribution in [0.3, 0.4) is 0 Å². The second-order valence-electron chi connectivity index (χ2n) is 7.39. The zero-order valence-corrected chi connectivity index (χ0v) is 14.3. The number of para-hydroxylation sites is 1. The molecule has 1 amide bonds. The van der Waals surface area contributed by atoms with Crippen LogP contribution in [0, 0.1) is 11.8 Å². The van der Waals surface area contributed by atoms with Crippen molar-refractivity contribution in [2.24, 2.45) is 11.8 Å². The number of benzene rings is 1. The van der Waals surface area contributed by atoms with Crippen LogP contribution in [0.15, 0.2) is 30.3 Å². The average Bonchev–Trinajstić information content (AvgIpc) is 2.61. The number of hydrogen-bond acceptors (Lipinski definition) is 2. The minimum absolute atomic E-state index is 0.0499. The van der Waals surface area contributed by atoms with E-state index in [9.17, 15) is 4.79 Å². The van der Waals surface area contributed by atoms with Crippen molar-refractivity contribution in [1.29, 1.82) is 0 Å². The lowest BCUT2D eigenvalue weighted by Crippen LogP contribution is -2.49. The van der Waals surface area contributed by atoms with Gasteiger partial charge in [-0.3, -0.25) is 4.79 Å². The van der Waals surface area contributed by atoms with Gasteiger partial charge in [0, 0.05) is 18.8 Å². The van der Waals surface area contributed by atoms with Crippen molar-refractivity contribution >= 4 is 11.6 Å². The van der Waals surface area contributed by atoms with E-state index < -0.39 is 0 Å². The first-order valence-corrected chi connectivity index (χ1v) is 9.34. The third-order valence-corrected chi connectivity index (χ3v) is 5.58. The van der Waals surface area contributed by atoms with E-state index in [2.05, 4.69) is 29.3 Å². The molecule has 23 heavy (non-hydrogen) atoms. The highest BCUT2D eigenvalue weighted by atomic mass is 16.2. The first kappa shape index (κ1) is 16.4. The maximum Gasteiger partial charge on any atom is 0.245 e. The van der Waals surface area contributed by atoms with Crippen molar-refractivity contribution in [2.75, 3.05) is 18.4 Å². The Bertz CT molecular complexity index is 488. The van der Waals surface area contributed by atoms with Gasteiger partial charge in [-0.05, 0) is 49.7 Å². The predicted octanol–water partition coefficient (Wildman–Crippen LogP) is 4.31. The summed E-state index contributed by atoms with van der Waals surface area (Å²) in [6, 6.07) is 10.2. The number of nitrogens with zero attached hydrogens (tertiary/aromatic N) is 1. The molecule has 1 aromatic carbocycles. The fraction of sp³-hybridized carbons (Fsp3) is 0.650. The minimum atomic E-state index is -0.0499. The molecule has 1 heterocycles. The van der Waals surface area contributed by atoms with E-state index in [0.29, 0.717) is 11.8 Å². The Morgan fingerprint density at radius 2 is 1.70 bits per heavy atom. The molecule has 126 valence electrons. The Hall–Kier alpha value is -1.51. The summed E-state index contributed by atoms with van der Waals surface area (Å²) in [7, 11) is 0. The van der Waals surface area contributed by atoms with Crippen LogP contribution >= 0.6 is 0 Å². The summed E-state index contributed by atoms with van der Waals surface area (Å²) in [4.78, 5) is 15.3. The van der Waals surface area contributed by atoms with E-state index in [-0.39, 0.29) is 6.04 Å². The van der Waals surface area contributed by atoms with E-state index in [1.807, 2.05) is 18.2 Å². The first-order valence-electron chi connectivity index (χ1n) is 9.34. The topological polar surface area (TPSA) is 32.3 Å². The molecule has 1 atom stereocenters. The summed E-state index contributed by atoms with van der Waals surface area (Å²) < 4.78 is 0. The van der Waals surface area contributed by atoms with Gasteiger partial charge in [0.05, 0.1) is 0 Å². The van der Waals surface area contributed by atoms with Gasteiger partial charge >= 0.3 is 0 Å². The lowest BCUT2D eigenvalue weighted by Gasteiger charge is -2.37. The number of likely N-dealkylation sites (tertiary alicyclic amines) is 1. The maximum absolute atomic E-state index is 13.2. The number of carbonyl (C=O) groups is 1. The van der Waals surface area contributed by atoms with Crippen LogP contribution in [-0.2, 0) is 4.79 Å². The monoisotopic (exact) mass is 314 g/mol. The van der Waals surface area contributed by atoms with Crippen LogP contribution < -0.4 is 5.32 Å². The third kappa shape index (κ3) is 4.27. The molecule has 1 saturated carbocycles. The molecule has 0 spiro atoms. The Labute approximate surface area is 140 Å². The summed E-state index contributed by atoms with van der Waals surface area (Å²) in [6.45, 7) is 4.15. The van der Waals surface area contributed by atoms with Gasteiger partial charge in [0.2, 0.25) is 5.91 Å². The zero-order valence-electron chi connectivity index (χ0n) is 14.3. The smallest absolute Gasteiger partial charge is 0.245 e. The van der Waals surface area contributed by atoms with Gasteiger partial charge in [-0.25, -0.2) is 0 Å². The normalized spacial score (nSPS) is 21.9.